The lowest BCUT2D eigenvalue weighted by molar-refractivity contribution is -0.140. The van der Waals surface area contributed by atoms with Gasteiger partial charge in [0.15, 0.2) is 0 Å². The molecular formula is C34H36ClN3O6S. The van der Waals surface area contributed by atoms with Gasteiger partial charge in [-0.2, -0.15) is 0 Å². The van der Waals surface area contributed by atoms with Gasteiger partial charge in [0.1, 0.15) is 24.1 Å². The molecule has 0 aliphatic carbocycles. The van der Waals surface area contributed by atoms with Gasteiger partial charge in [0, 0.05) is 24.5 Å². The summed E-state index contributed by atoms with van der Waals surface area (Å²) in [6, 6.07) is 27.8. The molecule has 0 saturated carbocycles. The molecular weight excluding hydrogens is 614 g/mol. The summed E-state index contributed by atoms with van der Waals surface area (Å²) in [6.45, 7) is 1.58. The number of rotatable bonds is 14. The number of nitrogens with one attached hydrogen (secondary N) is 1. The maximum atomic E-state index is 14.4. The number of ether oxygens (including phenoxy) is 2. The van der Waals surface area contributed by atoms with Crippen LogP contribution in [0.1, 0.15) is 18.1 Å². The molecule has 0 aromatic heterocycles. The van der Waals surface area contributed by atoms with Crippen LogP contribution < -0.4 is 19.1 Å². The molecule has 9 nitrogen and oxygen atoms in total. The van der Waals surface area contributed by atoms with Gasteiger partial charge in [0.2, 0.25) is 11.8 Å². The van der Waals surface area contributed by atoms with Crippen molar-refractivity contribution in [3.63, 3.8) is 0 Å². The molecule has 45 heavy (non-hydrogen) atoms. The zero-order chi connectivity index (χ0) is 32.4. The van der Waals surface area contributed by atoms with Gasteiger partial charge in [-0.3, -0.25) is 13.9 Å². The summed E-state index contributed by atoms with van der Waals surface area (Å²) in [5, 5.41) is 3.15. The number of methoxy groups -OCH3 is 2. The fourth-order valence-electron chi connectivity index (χ4n) is 4.85. The number of nitrogens with zero attached hydrogens (tertiary/aromatic N) is 2. The number of hydrogen-bond acceptors (Lipinski definition) is 6. The molecule has 236 valence electrons. The Bertz CT molecular complexity index is 1700. The molecule has 0 fully saturated rings. The lowest BCUT2D eigenvalue weighted by Crippen LogP contribution is -2.53. The fourth-order valence-corrected chi connectivity index (χ4v) is 6.44. The maximum Gasteiger partial charge on any atom is 0.264 e. The molecule has 0 saturated heterocycles. The van der Waals surface area contributed by atoms with Crippen molar-refractivity contribution in [3.05, 3.63) is 119 Å². The minimum Gasteiger partial charge on any atom is -0.497 e. The molecule has 2 amide bonds. The Morgan fingerprint density at radius 1 is 0.822 bits per heavy atom. The highest BCUT2D eigenvalue weighted by Crippen LogP contribution is 2.28. The van der Waals surface area contributed by atoms with Crippen LogP contribution in [0.3, 0.4) is 0 Å². The molecule has 0 heterocycles. The summed E-state index contributed by atoms with van der Waals surface area (Å²) >= 11 is 6.28. The first-order valence-corrected chi connectivity index (χ1v) is 16.1. The summed E-state index contributed by atoms with van der Waals surface area (Å²) in [5.74, 6) is 0.127. The number of anilines is 1. The normalized spacial score (nSPS) is 11.7. The molecule has 0 radical (unpaired) electrons. The fraction of sp³-hybridized carbons (Fsp3) is 0.235. The summed E-state index contributed by atoms with van der Waals surface area (Å²) in [4.78, 5) is 29.4. The monoisotopic (exact) mass is 649 g/mol. The van der Waals surface area contributed by atoms with E-state index in [1.807, 2.05) is 36.4 Å². The average molecular weight is 650 g/mol. The molecule has 0 spiro atoms. The Morgan fingerprint density at radius 3 is 2.13 bits per heavy atom. The lowest BCUT2D eigenvalue weighted by atomic mass is 10.0. The summed E-state index contributed by atoms with van der Waals surface area (Å²) in [6.07, 6.45) is 0.213. The summed E-state index contributed by atoms with van der Waals surface area (Å²) in [5.41, 5.74) is 1.75. The first kappa shape index (κ1) is 33.4. The standard InChI is InChI=1S/C34H36ClN3O6S/c1-4-36-34(40)32(21-25-10-6-5-7-11-25)37(23-26-12-8-15-30(20-26)44-3)33(39)24-38(28-14-9-13-27(35)22-28)45(41,42)31-18-16-29(43-2)17-19-31/h5-20,22,32H,4,21,23-24H2,1-3H3,(H,36,40)/t32-/m1/s1. The van der Waals surface area contributed by atoms with Crippen LogP contribution in [0, 0.1) is 0 Å². The van der Waals surface area contributed by atoms with Gasteiger partial charge in [-0.1, -0.05) is 60.1 Å². The molecule has 1 N–H and O–H groups in total. The number of amides is 2. The molecule has 4 rings (SSSR count). The number of carbonyl (C=O) groups is 2. The van der Waals surface area contributed by atoms with Crippen LogP contribution in [0.15, 0.2) is 108 Å². The van der Waals surface area contributed by atoms with Gasteiger partial charge in [0.05, 0.1) is 24.8 Å². The number of likely N-dealkylation sites (N-methyl/N-ethyl adjacent to an activating group) is 1. The third-order valence-corrected chi connectivity index (χ3v) is 9.15. The van der Waals surface area contributed by atoms with E-state index < -0.39 is 28.5 Å². The van der Waals surface area contributed by atoms with Crippen LogP contribution in [-0.2, 0) is 32.6 Å². The van der Waals surface area contributed by atoms with E-state index in [0.29, 0.717) is 28.6 Å². The minimum atomic E-state index is -4.27. The zero-order valence-electron chi connectivity index (χ0n) is 25.4. The molecule has 0 aliphatic rings. The third-order valence-electron chi connectivity index (χ3n) is 7.13. The van der Waals surface area contributed by atoms with Crippen molar-refractivity contribution in [2.45, 2.75) is 30.8 Å². The van der Waals surface area contributed by atoms with Gasteiger partial charge in [-0.05, 0) is 72.6 Å². The van der Waals surface area contributed by atoms with Crippen molar-refractivity contribution in [1.29, 1.82) is 0 Å². The molecule has 0 bridgehead atoms. The Labute approximate surface area is 269 Å². The number of sulfonamides is 1. The second-order valence-corrected chi connectivity index (χ2v) is 12.4. The van der Waals surface area contributed by atoms with E-state index in [4.69, 9.17) is 21.1 Å². The maximum absolute atomic E-state index is 14.4. The first-order valence-electron chi connectivity index (χ1n) is 14.3. The first-order chi connectivity index (χ1) is 21.7. The van der Waals surface area contributed by atoms with Crippen LogP contribution in [0.4, 0.5) is 5.69 Å². The zero-order valence-corrected chi connectivity index (χ0v) is 26.9. The van der Waals surface area contributed by atoms with E-state index in [9.17, 15) is 18.0 Å². The van der Waals surface area contributed by atoms with E-state index >= 15 is 0 Å². The van der Waals surface area contributed by atoms with Gasteiger partial charge >= 0.3 is 0 Å². The number of benzene rings is 4. The Balaban J connectivity index is 1.80. The minimum absolute atomic E-state index is 0.0244. The van der Waals surface area contributed by atoms with Gasteiger partial charge in [-0.15, -0.1) is 0 Å². The number of carbonyl (C=O) groups excluding carboxylic acids is 2. The van der Waals surface area contributed by atoms with Crippen LogP contribution >= 0.6 is 11.6 Å². The number of hydrogen-bond donors (Lipinski definition) is 1. The van der Waals surface area contributed by atoms with Crippen molar-refractivity contribution < 1.29 is 27.5 Å². The lowest BCUT2D eigenvalue weighted by Gasteiger charge is -2.34. The molecule has 1 atom stereocenters. The van der Waals surface area contributed by atoms with Gasteiger partial charge < -0.3 is 19.7 Å². The molecule has 0 aliphatic heterocycles. The second-order valence-electron chi connectivity index (χ2n) is 10.1. The topological polar surface area (TPSA) is 105 Å². The molecule has 4 aromatic carbocycles. The Morgan fingerprint density at radius 2 is 1.49 bits per heavy atom. The van der Waals surface area contributed by atoms with E-state index in [2.05, 4.69) is 5.32 Å². The van der Waals surface area contributed by atoms with Gasteiger partial charge in [-0.25, -0.2) is 8.42 Å². The predicted molar refractivity (Wildman–Crippen MR) is 175 cm³/mol. The van der Waals surface area contributed by atoms with Crippen LogP contribution in [-0.4, -0.2) is 58.5 Å². The van der Waals surface area contributed by atoms with Crippen LogP contribution in [0.25, 0.3) is 0 Å². The second kappa shape index (κ2) is 15.5. The molecule has 0 unspecified atom stereocenters. The third kappa shape index (κ3) is 8.55. The highest BCUT2D eigenvalue weighted by molar-refractivity contribution is 7.92. The quantitative estimate of drug-likeness (QED) is 0.198. The summed E-state index contributed by atoms with van der Waals surface area (Å²) in [7, 11) is -1.24. The Hall–Kier alpha value is -4.54. The number of halogens is 1. The average Bonchev–Trinajstić information content (AvgIpc) is 3.05. The highest BCUT2D eigenvalue weighted by Gasteiger charge is 2.34. The Kier molecular flexibility index (Phi) is 11.5. The molecule has 11 heteroatoms. The van der Waals surface area contributed by atoms with E-state index in [1.165, 1.54) is 42.3 Å². The predicted octanol–water partition coefficient (Wildman–Crippen LogP) is 5.33. The van der Waals surface area contributed by atoms with E-state index in [1.54, 1.807) is 50.4 Å². The van der Waals surface area contributed by atoms with Crippen molar-refractivity contribution >= 4 is 39.1 Å². The van der Waals surface area contributed by atoms with Gasteiger partial charge in [0.25, 0.3) is 10.0 Å². The smallest absolute Gasteiger partial charge is 0.264 e. The van der Waals surface area contributed by atoms with Crippen molar-refractivity contribution in [2.75, 3.05) is 31.6 Å². The van der Waals surface area contributed by atoms with Crippen molar-refractivity contribution in [2.24, 2.45) is 0 Å². The van der Waals surface area contributed by atoms with Crippen LogP contribution in [0.5, 0.6) is 11.5 Å². The van der Waals surface area contributed by atoms with E-state index in [-0.39, 0.29) is 29.5 Å². The van der Waals surface area contributed by atoms with Crippen molar-refractivity contribution in [1.82, 2.24) is 10.2 Å². The van der Waals surface area contributed by atoms with E-state index in [0.717, 1.165) is 9.87 Å². The molecule has 4 aromatic rings. The highest BCUT2D eigenvalue weighted by atomic mass is 35.5. The summed E-state index contributed by atoms with van der Waals surface area (Å²) < 4.78 is 39.8. The largest absolute Gasteiger partial charge is 0.497 e. The van der Waals surface area contributed by atoms with Crippen LogP contribution in [0.2, 0.25) is 5.02 Å². The van der Waals surface area contributed by atoms with Crippen molar-refractivity contribution in [3.8, 4) is 11.5 Å². The SMILES string of the molecule is CCNC(=O)[C@@H](Cc1ccccc1)N(Cc1cccc(OC)c1)C(=O)CN(c1cccc(Cl)c1)S(=O)(=O)c1ccc(OC)cc1.